The quantitative estimate of drug-likeness (QED) is 0.0138. The Balaban J connectivity index is 0.000000223. The fourth-order valence-corrected chi connectivity index (χ4v) is 8.01. The summed E-state index contributed by atoms with van der Waals surface area (Å²) in [6, 6.07) is 15.0. The number of benzene rings is 2. The summed E-state index contributed by atoms with van der Waals surface area (Å²) in [5.41, 5.74) is 5.29. The van der Waals surface area contributed by atoms with E-state index in [-0.39, 0.29) is 62.0 Å². The van der Waals surface area contributed by atoms with E-state index in [2.05, 4.69) is 47.9 Å². The Hall–Kier alpha value is -6.12. The van der Waals surface area contributed by atoms with Crippen molar-refractivity contribution in [2.75, 3.05) is 44.2 Å². The van der Waals surface area contributed by atoms with Gasteiger partial charge in [-0.05, 0) is 94.0 Å². The van der Waals surface area contributed by atoms with Gasteiger partial charge in [-0.3, -0.25) is 29.9 Å². The maximum atomic E-state index is 13.9. The number of esters is 2. The molecule has 4 N–H and O–H groups in total. The first-order chi connectivity index (χ1) is 32.5. The molecule has 0 unspecified atom stereocenters. The third-order valence-electron chi connectivity index (χ3n) is 11.7. The average molecular weight is 951 g/mol. The molecule has 362 valence electrons. The van der Waals surface area contributed by atoms with Crippen molar-refractivity contribution in [1.29, 1.82) is 0 Å². The highest BCUT2D eigenvalue weighted by molar-refractivity contribution is 6.34. The molecule has 0 aliphatic heterocycles. The Bertz CT molecular complexity index is 2490. The van der Waals surface area contributed by atoms with E-state index in [9.17, 15) is 24.1 Å². The first-order valence-electron chi connectivity index (χ1n) is 23.0. The Labute approximate surface area is 392 Å². The number of aromatic amines is 2. The Kier molecular flexibility index (Phi) is 19.3. The van der Waals surface area contributed by atoms with E-state index in [0.717, 1.165) is 98.8 Å². The Morgan fingerprint density at radius 1 is 0.776 bits per heavy atom. The molecule has 0 amide bonds. The fourth-order valence-electron chi connectivity index (χ4n) is 7.85. The standard InChI is InChI=1S/C24H33FN6O5.C22H28ClN5O3/c1-18-22(25)24-27-23(29-31(24)28-18)19-11-13-20(14-12-19)26-16-35-17-36-21(32)10-8-6-4-2-3-5-7-9-15-30(33)34;1-3-15-6-4-5-7-18(15)22(29)31-13-30-12-24-17-10-8-16(9-11-17)20-25-21-19(23)14(2)26-28(21)27-20/h11-14,26,28H,2-10,15-17H2,1H3;8-11,15,18,24,26H,3-7,12-13H2,1-2H3/t;15-,18+/m.0/s1. The third-order valence-corrected chi connectivity index (χ3v) is 12.1. The van der Waals surface area contributed by atoms with Crippen LogP contribution in [0.3, 0.4) is 0 Å². The van der Waals surface area contributed by atoms with Crippen molar-refractivity contribution in [3.05, 3.63) is 80.9 Å². The van der Waals surface area contributed by atoms with Gasteiger partial charge in [0.05, 0.1) is 17.3 Å². The number of ether oxygens (including phenoxy) is 4. The number of unbranched alkanes of at least 4 members (excludes halogenated alkanes) is 7. The summed E-state index contributed by atoms with van der Waals surface area (Å²) in [5.74, 6) is 0.641. The molecule has 21 heteroatoms. The van der Waals surface area contributed by atoms with Crippen molar-refractivity contribution in [2.24, 2.45) is 11.8 Å². The van der Waals surface area contributed by atoms with Crippen LogP contribution < -0.4 is 10.6 Å². The lowest BCUT2D eigenvalue weighted by atomic mass is 9.78. The van der Waals surface area contributed by atoms with Crippen LogP contribution in [0, 0.1) is 41.6 Å². The molecule has 1 aliphatic carbocycles. The van der Waals surface area contributed by atoms with Gasteiger partial charge in [-0.1, -0.05) is 69.9 Å². The molecule has 19 nitrogen and oxygen atoms in total. The molecule has 0 radical (unpaired) electrons. The smallest absolute Gasteiger partial charge is 0.311 e. The molecular weight excluding hydrogens is 889 g/mol. The molecule has 4 heterocycles. The van der Waals surface area contributed by atoms with Gasteiger partial charge in [-0.2, -0.15) is 9.26 Å². The number of halogens is 2. The highest BCUT2D eigenvalue weighted by Crippen LogP contribution is 2.33. The summed E-state index contributed by atoms with van der Waals surface area (Å²) < 4.78 is 38.0. The average Bonchev–Trinajstić information content (AvgIpc) is 4.08. The van der Waals surface area contributed by atoms with Crippen LogP contribution in [0.15, 0.2) is 48.5 Å². The topological polar surface area (TPSA) is 230 Å². The number of nitrogens with one attached hydrogen (secondary N) is 4. The number of nitro groups is 1. The summed E-state index contributed by atoms with van der Waals surface area (Å²) in [7, 11) is 0. The number of carbonyl (C=O) groups is 2. The van der Waals surface area contributed by atoms with Gasteiger partial charge in [0.15, 0.2) is 36.7 Å². The van der Waals surface area contributed by atoms with E-state index in [4.69, 9.17) is 30.5 Å². The molecule has 1 saturated carbocycles. The zero-order valence-corrected chi connectivity index (χ0v) is 39.1. The molecule has 6 aromatic rings. The lowest BCUT2D eigenvalue weighted by Gasteiger charge is -2.28. The van der Waals surface area contributed by atoms with Crippen molar-refractivity contribution in [2.45, 2.75) is 111 Å². The zero-order chi connectivity index (χ0) is 47.5. The molecule has 0 spiro atoms. The number of anilines is 2. The molecule has 2 atom stereocenters. The van der Waals surface area contributed by atoms with Gasteiger partial charge in [0.2, 0.25) is 12.2 Å². The maximum absolute atomic E-state index is 13.9. The highest BCUT2D eigenvalue weighted by Gasteiger charge is 2.31. The number of nitrogens with zero attached hydrogens (tertiary/aromatic N) is 7. The summed E-state index contributed by atoms with van der Waals surface area (Å²) in [5, 5.41) is 31.5. The Morgan fingerprint density at radius 3 is 1.87 bits per heavy atom. The normalized spacial score (nSPS) is 14.8. The van der Waals surface area contributed by atoms with Crippen LogP contribution in [0.2, 0.25) is 5.02 Å². The van der Waals surface area contributed by atoms with Gasteiger partial charge in [0, 0.05) is 40.3 Å². The molecule has 1 fully saturated rings. The molecular formula is C46H61ClFN11O8. The predicted molar refractivity (Wildman–Crippen MR) is 250 cm³/mol. The largest absolute Gasteiger partial charge is 0.438 e. The van der Waals surface area contributed by atoms with E-state index in [1.54, 1.807) is 11.6 Å². The molecule has 2 aromatic carbocycles. The van der Waals surface area contributed by atoms with Crippen molar-refractivity contribution >= 4 is 46.2 Å². The monoisotopic (exact) mass is 949 g/mol. The van der Waals surface area contributed by atoms with Crippen LogP contribution in [-0.2, 0) is 28.5 Å². The minimum Gasteiger partial charge on any atom is -0.438 e. The summed E-state index contributed by atoms with van der Waals surface area (Å²) in [6.07, 6.45) is 13.2. The van der Waals surface area contributed by atoms with Crippen LogP contribution in [0.4, 0.5) is 15.8 Å². The van der Waals surface area contributed by atoms with Crippen molar-refractivity contribution < 1.29 is 37.9 Å². The third kappa shape index (κ3) is 14.9. The van der Waals surface area contributed by atoms with Gasteiger partial charge in [-0.15, -0.1) is 10.2 Å². The van der Waals surface area contributed by atoms with Gasteiger partial charge in [0.25, 0.3) is 0 Å². The van der Waals surface area contributed by atoms with Gasteiger partial charge < -0.3 is 29.6 Å². The van der Waals surface area contributed by atoms with Crippen LogP contribution >= 0.6 is 11.6 Å². The van der Waals surface area contributed by atoms with Crippen molar-refractivity contribution in [3.8, 4) is 22.8 Å². The number of hydrogen-bond acceptors (Lipinski definition) is 14. The zero-order valence-electron chi connectivity index (χ0n) is 38.4. The molecule has 7 rings (SSSR count). The second kappa shape index (κ2) is 25.7. The second-order valence-electron chi connectivity index (χ2n) is 16.6. The maximum Gasteiger partial charge on any atom is 0.311 e. The van der Waals surface area contributed by atoms with Crippen molar-refractivity contribution in [3.63, 3.8) is 0 Å². The first-order valence-corrected chi connectivity index (χ1v) is 23.4. The number of aromatic nitrogens is 8. The highest BCUT2D eigenvalue weighted by atomic mass is 35.5. The predicted octanol–water partition coefficient (Wildman–Crippen LogP) is 9.64. The Morgan fingerprint density at radius 2 is 1.30 bits per heavy atom. The molecule has 1 aliphatic rings. The second-order valence-corrected chi connectivity index (χ2v) is 16.9. The lowest BCUT2D eigenvalue weighted by Crippen LogP contribution is -2.29. The number of H-pyrrole nitrogens is 2. The van der Waals surface area contributed by atoms with Crippen LogP contribution in [-0.4, -0.2) is 90.1 Å². The lowest BCUT2D eigenvalue weighted by molar-refractivity contribution is -0.480. The molecule has 67 heavy (non-hydrogen) atoms. The van der Waals surface area contributed by atoms with Crippen LogP contribution in [0.1, 0.15) is 108 Å². The van der Waals surface area contributed by atoms with Crippen LogP contribution in [0.25, 0.3) is 34.1 Å². The van der Waals surface area contributed by atoms with E-state index in [1.807, 2.05) is 55.5 Å². The van der Waals surface area contributed by atoms with Gasteiger partial charge in [0.1, 0.15) is 18.5 Å². The van der Waals surface area contributed by atoms with Gasteiger partial charge >= 0.3 is 11.9 Å². The van der Waals surface area contributed by atoms with E-state index < -0.39 is 5.82 Å². The fraction of sp³-hybridized carbons (Fsp3) is 0.522. The number of fused-ring (bicyclic) bond motifs is 2. The van der Waals surface area contributed by atoms with E-state index >= 15 is 0 Å². The van der Waals surface area contributed by atoms with E-state index in [1.165, 1.54) is 11.1 Å². The van der Waals surface area contributed by atoms with Gasteiger partial charge in [-0.25, -0.2) is 14.4 Å². The SMILES string of the molecule is CC[C@H]1CCCC[C@H]1C(=O)OCOCNc1ccc(-c2nc3c(Cl)c(C)[nH]n3n2)cc1.Cc1[nH]n2nc(-c3ccc(NCOCOC(=O)CCCCCCCCCC[N+](=O)[O-])cc3)nc2c1F. The van der Waals surface area contributed by atoms with Crippen molar-refractivity contribution in [1.82, 2.24) is 39.6 Å². The summed E-state index contributed by atoms with van der Waals surface area (Å²) in [4.78, 5) is 42.8. The number of hydrogen-bond donors (Lipinski definition) is 4. The summed E-state index contributed by atoms with van der Waals surface area (Å²) in [6.45, 7) is 5.95. The first kappa shape index (κ1) is 50.3. The minimum atomic E-state index is -0.416. The number of carbonyl (C=O) groups excluding carboxylic acids is 2. The van der Waals surface area contributed by atoms with Crippen LogP contribution in [0.5, 0.6) is 0 Å². The molecule has 0 saturated heterocycles. The molecule has 4 aromatic heterocycles. The number of aryl methyl sites for hydroxylation is 2. The minimum absolute atomic E-state index is 0.0188. The summed E-state index contributed by atoms with van der Waals surface area (Å²) >= 11 is 6.22. The molecule has 0 bridgehead atoms. The number of rotatable bonds is 25. The van der Waals surface area contributed by atoms with E-state index in [0.29, 0.717) is 46.8 Å².